The second kappa shape index (κ2) is 5.68. The van der Waals surface area contributed by atoms with Crippen LogP contribution in [0.5, 0.6) is 0 Å². The van der Waals surface area contributed by atoms with Crippen molar-refractivity contribution in [3.8, 4) is 0 Å². The summed E-state index contributed by atoms with van der Waals surface area (Å²) in [6, 6.07) is 3.71. The van der Waals surface area contributed by atoms with Crippen LogP contribution in [0.25, 0.3) is 0 Å². The standard InChI is InChI=1S/C11H18N2O2/c1-9(2)13(6-5-12)8-10(14)11-4-3-7-15-11/h3-4,7,9H,5-6,8,12H2,1-2H3. The quantitative estimate of drug-likeness (QED) is 0.715. The Balaban J connectivity index is 2.55. The van der Waals surface area contributed by atoms with Crippen LogP contribution in [0.1, 0.15) is 24.4 Å². The first-order valence-corrected chi connectivity index (χ1v) is 5.16. The van der Waals surface area contributed by atoms with Crippen molar-refractivity contribution < 1.29 is 9.21 Å². The number of hydrogen-bond donors (Lipinski definition) is 1. The smallest absolute Gasteiger partial charge is 0.211 e. The average molecular weight is 210 g/mol. The molecular formula is C11H18N2O2. The molecule has 0 spiro atoms. The Kier molecular flexibility index (Phi) is 4.52. The third-order valence-corrected chi connectivity index (χ3v) is 2.29. The molecule has 0 bridgehead atoms. The van der Waals surface area contributed by atoms with Gasteiger partial charge in [0.05, 0.1) is 12.8 Å². The zero-order valence-corrected chi connectivity index (χ0v) is 9.27. The van der Waals surface area contributed by atoms with Gasteiger partial charge in [-0.25, -0.2) is 0 Å². The first-order chi connectivity index (χ1) is 7.15. The normalized spacial score (nSPS) is 11.3. The van der Waals surface area contributed by atoms with Crippen LogP contribution in [0.3, 0.4) is 0 Å². The van der Waals surface area contributed by atoms with Gasteiger partial charge in [-0.1, -0.05) is 0 Å². The summed E-state index contributed by atoms with van der Waals surface area (Å²) in [7, 11) is 0. The second-order valence-electron chi connectivity index (χ2n) is 3.75. The van der Waals surface area contributed by atoms with Crippen molar-refractivity contribution in [2.24, 2.45) is 5.73 Å². The topological polar surface area (TPSA) is 59.5 Å². The molecule has 0 aromatic carbocycles. The number of nitrogens with zero attached hydrogens (tertiary/aromatic N) is 1. The lowest BCUT2D eigenvalue weighted by Crippen LogP contribution is -2.39. The Bertz CT molecular complexity index is 294. The van der Waals surface area contributed by atoms with Crippen LogP contribution in [0, 0.1) is 0 Å². The number of Topliss-reactive ketones (excluding diaryl/α,β-unsaturated/α-hetero) is 1. The molecule has 0 radical (unpaired) electrons. The Morgan fingerprint density at radius 2 is 2.33 bits per heavy atom. The van der Waals surface area contributed by atoms with E-state index in [1.165, 1.54) is 6.26 Å². The second-order valence-corrected chi connectivity index (χ2v) is 3.75. The van der Waals surface area contributed by atoms with Gasteiger partial charge in [0.2, 0.25) is 5.78 Å². The van der Waals surface area contributed by atoms with Gasteiger partial charge in [0.15, 0.2) is 5.76 Å². The molecular weight excluding hydrogens is 192 g/mol. The van der Waals surface area contributed by atoms with E-state index in [1.54, 1.807) is 12.1 Å². The number of hydrogen-bond acceptors (Lipinski definition) is 4. The van der Waals surface area contributed by atoms with E-state index in [4.69, 9.17) is 10.2 Å². The van der Waals surface area contributed by atoms with Crippen LogP contribution in [0.4, 0.5) is 0 Å². The Morgan fingerprint density at radius 3 is 2.80 bits per heavy atom. The van der Waals surface area contributed by atoms with Crippen molar-refractivity contribution in [3.05, 3.63) is 24.2 Å². The lowest BCUT2D eigenvalue weighted by atomic mass is 10.2. The highest BCUT2D eigenvalue weighted by Crippen LogP contribution is 2.05. The van der Waals surface area contributed by atoms with Gasteiger partial charge in [0.25, 0.3) is 0 Å². The molecule has 0 saturated heterocycles. The minimum atomic E-state index is 0.00199. The van der Waals surface area contributed by atoms with Gasteiger partial charge in [0, 0.05) is 19.1 Å². The summed E-state index contributed by atoms with van der Waals surface area (Å²) in [5.74, 6) is 0.417. The van der Waals surface area contributed by atoms with E-state index in [2.05, 4.69) is 0 Å². The van der Waals surface area contributed by atoms with Gasteiger partial charge in [-0.2, -0.15) is 0 Å². The van der Waals surface area contributed by atoms with Gasteiger partial charge in [-0.05, 0) is 26.0 Å². The van der Waals surface area contributed by atoms with Crippen molar-refractivity contribution >= 4 is 5.78 Å². The SMILES string of the molecule is CC(C)N(CCN)CC(=O)c1ccco1. The van der Waals surface area contributed by atoms with Crippen LogP contribution in [0.15, 0.2) is 22.8 Å². The van der Waals surface area contributed by atoms with Gasteiger partial charge in [0.1, 0.15) is 0 Å². The van der Waals surface area contributed by atoms with Crippen LogP contribution in [-0.2, 0) is 0 Å². The Hall–Kier alpha value is -1.13. The minimum absolute atomic E-state index is 0.00199. The fourth-order valence-electron chi connectivity index (χ4n) is 1.39. The maximum Gasteiger partial charge on any atom is 0.211 e. The van der Waals surface area contributed by atoms with E-state index < -0.39 is 0 Å². The fourth-order valence-corrected chi connectivity index (χ4v) is 1.39. The summed E-state index contributed by atoms with van der Waals surface area (Å²) in [6.07, 6.45) is 1.51. The van der Waals surface area contributed by atoms with Crippen molar-refractivity contribution in [2.75, 3.05) is 19.6 Å². The molecule has 1 aromatic rings. The van der Waals surface area contributed by atoms with Crippen molar-refractivity contribution in [2.45, 2.75) is 19.9 Å². The highest BCUT2D eigenvalue weighted by Gasteiger charge is 2.16. The number of rotatable bonds is 6. The van der Waals surface area contributed by atoms with E-state index >= 15 is 0 Å². The maximum atomic E-state index is 11.7. The molecule has 1 aromatic heterocycles. The summed E-state index contributed by atoms with van der Waals surface area (Å²) in [5.41, 5.74) is 5.49. The number of nitrogens with two attached hydrogens (primary N) is 1. The van der Waals surface area contributed by atoms with Crippen LogP contribution >= 0.6 is 0 Å². The molecule has 0 aliphatic carbocycles. The molecule has 0 aliphatic rings. The summed E-state index contributed by atoms with van der Waals surface area (Å²) in [6.45, 7) is 5.74. The summed E-state index contributed by atoms with van der Waals surface area (Å²) in [5, 5.41) is 0. The third kappa shape index (κ3) is 3.49. The molecule has 0 unspecified atom stereocenters. The van der Waals surface area contributed by atoms with Crippen molar-refractivity contribution in [1.82, 2.24) is 4.90 Å². The monoisotopic (exact) mass is 210 g/mol. The predicted molar refractivity (Wildman–Crippen MR) is 58.8 cm³/mol. The van der Waals surface area contributed by atoms with E-state index in [9.17, 15) is 4.79 Å². The van der Waals surface area contributed by atoms with Gasteiger partial charge >= 0.3 is 0 Å². The van der Waals surface area contributed by atoms with Crippen LogP contribution in [0.2, 0.25) is 0 Å². The van der Waals surface area contributed by atoms with Crippen LogP contribution in [-0.4, -0.2) is 36.4 Å². The van der Waals surface area contributed by atoms with Crippen molar-refractivity contribution in [3.63, 3.8) is 0 Å². The van der Waals surface area contributed by atoms with E-state index in [-0.39, 0.29) is 5.78 Å². The molecule has 4 nitrogen and oxygen atoms in total. The highest BCUT2D eigenvalue weighted by molar-refractivity contribution is 5.95. The van der Waals surface area contributed by atoms with E-state index in [0.717, 1.165) is 6.54 Å². The highest BCUT2D eigenvalue weighted by atomic mass is 16.3. The van der Waals surface area contributed by atoms with Crippen LogP contribution < -0.4 is 5.73 Å². The molecule has 0 atom stereocenters. The summed E-state index contributed by atoms with van der Waals surface area (Å²) >= 11 is 0. The maximum absolute atomic E-state index is 11.7. The molecule has 4 heteroatoms. The fraction of sp³-hybridized carbons (Fsp3) is 0.545. The minimum Gasteiger partial charge on any atom is -0.461 e. The molecule has 0 saturated carbocycles. The molecule has 1 heterocycles. The first kappa shape index (κ1) is 11.9. The van der Waals surface area contributed by atoms with Crippen molar-refractivity contribution in [1.29, 1.82) is 0 Å². The van der Waals surface area contributed by atoms with E-state index in [1.807, 2.05) is 18.7 Å². The summed E-state index contributed by atoms with van der Waals surface area (Å²) in [4.78, 5) is 13.8. The largest absolute Gasteiger partial charge is 0.461 e. The Labute approximate surface area is 90.0 Å². The third-order valence-electron chi connectivity index (χ3n) is 2.29. The molecule has 1 rings (SSSR count). The number of ketones is 1. The van der Waals surface area contributed by atoms with E-state index in [0.29, 0.717) is 24.9 Å². The molecule has 0 amide bonds. The molecule has 15 heavy (non-hydrogen) atoms. The number of carbonyl (C=O) groups is 1. The zero-order valence-electron chi connectivity index (χ0n) is 9.27. The molecule has 2 N–H and O–H groups in total. The molecule has 0 aliphatic heterocycles. The molecule has 0 fully saturated rings. The van der Waals surface area contributed by atoms with Gasteiger partial charge < -0.3 is 10.2 Å². The number of carbonyl (C=O) groups excluding carboxylic acids is 1. The predicted octanol–water partition coefficient (Wildman–Crippen LogP) is 1.13. The lowest BCUT2D eigenvalue weighted by molar-refractivity contribution is 0.0881. The molecule has 84 valence electrons. The van der Waals surface area contributed by atoms with Gasteiger partial charge in [-0.15, -0.1) is 0 Å². The first-order valence-electron chi connectivity index (χ1n) is 5.16. The Morgan fingerprint density at radius 1 is 1.60 bits per heavy atom. The van der Waals surface area contributed by atoms with Gasteiger partial charge in [-0.3, -0.25) is 9.69 Å². The average Bonchev–Trinajstić information content (AvgIpc) is 2.69. The zero-order chi connectivity index (χ0) is 11.3. The number of furan rings is 1. The summed E-state index contributed by atoms with van der Waals surface area (Å²) < 4.78 is 5.05. The lowest BCUT2D eigenvalue weighted by Gasteiger charge is -2.24.